The van der Waals surface area contributed by atoms with Gasteiger partial charge < -0.3 is 9.88 Å². The first-order valence-electron chi connectivity index (χ1n) is 9.38. The van der Waals surface area contributed by atoms with E-state index in [1.807, 2.05) is 25.2 Å². The topological polar surface area (TPSA) is 88.9 Å². The molecule has 0 radical (unpaired) electrons. The minimum atomic E-state index is -0.501. The van der Waals surface area contributed by atoms with Gasteiger partial charge in [-0.15, -0.1) is 10.2 Å². The molecule has 3 amide bonds. The summed E-state index contributed by atoms with van der Waals surface area (Å²) >= 11 is 7.48. The van der Waals surface area contributed by atoms with E-state index in [9.17, 15) is 9.59 Å². The molecule has 1 aromatic carbocycles. The normalized spacial score (nSPS) is 15.8. The first-order chi connectivity index (χ1) is 13.5. The molecule has 0 bridgehead atoms. The Morgan fingerprint density at radius 1 is 1.21 bits per heavy atom. The number of hydrogen-bond donors (Lipinski definition) is 2. The third kappa shape index (κ3) is 5.05. The molecule has 1 aromatic heterocycles. The Hall–Kier alpha value is -2.06. The van der Waals surface area contributed by atoms with Crippen molar-refractivity contribution >= 4 is 35.3 Å². The summed E-state index contributed by atoms with van der Waals surface area (Å²) in [5, 5.41) is 14.3. The van der Waals surface area contributed by atoms with E-state index in [2.05, 4.69) is 20.8 Å². The zero-order chi connectivity index (χ0) is 20.1. The molecule has 0 spiro atoms. The molecule has 2 N–H and O–H groups in total. The van der Waals surface area contributed by atoms with Gasteiger partial charge in [-0.2, -0.15) is 0 Å². The molecule has 0 saturated heterocycles. The average molecular weight is 422 g/mol. The number of carbonyl (C=O) groups excluding carboxylic acids is 2. The van der Waals surface area contributed by atoms with Gasteiger partial charge in [0.1, 0.15) is 0 Å². The number of benzene rings is 1. The van der Waals surface area contributed by atoms with Crippen LogP contribution in [0.1, 0.15) is 39.0 Å². The van der Waals surface area contributed by atoms with Crippen molar-refractivity contribution in [1.82, 2.24) is 25.4 Å². The van der Waals surface area contributed by atoms with E-state index in [0.717, 1.165) is 31.2 Å². The number of carbonyl (C=O) groups is 2. The number of urea groups is 1. The summed E-state index contributed by atoms with van der Waals surface area (Å²) in [6.45, 7) is 1.73. The zero-order valence-corrected chi connectivity index (χ0v) is 17.5. The van der Waals surface area contributed by atoms with Gasteiger partial charge in [0.05, 0.1) is 10.3 Å². The fourth-order valence-corrected chi connectivity index (χ4v) is 4.22. The number of hydrogen-bond acceptors (Lipinski definition) is 5. The van der Waals surface area contributed by atoms with E-state index in [-0.39, 0.29) is 11.9 Å². The van der Waals surface area contributed by atoms with Crippen LogP contribution in [0.25, 0.3) is 11.4 Å². The minimum Gasteiger partial charge on any atom is -0.335 e. The predicted molar refractivity (Wildman–Crippen MR) is 110 cm³/mol. The van der Waals surface area contributed by atoms with E-state index in [1.165, 1.54) is 18.2 Å². The van der Waals surface area contributed by atoms with Crippen molar-refractivity contribution in [3.8, 4) is 11.4 Å². The van der Waals surface area contributed by atoms with Crippen LogP contribution in [0, 0.1) is 0 Å². The van der Waals surface area contributed by atoms with Crippen LogP contribution in [0.2, 0.25) is 5.02 Å². The summed E-state index contributed by atoms with van der Waals surface area (Å²) in [6, 6.07) is 7.11. The van der Waals surface area contributed by atoms with Crippen LogP contribution in [-0.2, 0) is 11.8 Å². The van der Waals surface area contributed by atoms with Gasteiger partial charge in [-0.25, -0.2) is 4.79 Å². The lowest BCUT2D eigenvalue weighted by molar-refractivity contribution is -0.119. The third-order valence-electron chi connectivity index (χ3n) is 4.78. The standard InChI is InChI=1S/C19H24ClN5O2S/c1-12(17(26)22-18(27)21-13-8-4-3-5-9-13)28-19-24-23-16(25(19)2)14-10-6-7-11-15(14)20/h6-7,10-13H,3-5,8-9H2,1-2H3,(H2,21,22,26,27)/t12-/m1/s1. The van der Waals surface area contributed by atoms with Gasteiger partial charge >= 0.3 is 6.03 Å². The highest BCUT2D eigenvalue weighted by Crippen LogP contribution is 2.29. The SMILES string of the molecule is C[C@@H](Sc1nnc(-c2ccccc2Cl)n1C)C(=O)NC(=O)NC1CCCCC1. The molecule has 1 heterocycles. The average Bonchev–Trinajstić information content (AvgIpc) is 3.03. The van der Waals surface area contributed by atoms with Crippen molar-refractivity contribution in [2.75, 3.05) is 0 Å². The van der Waals surface area contributed by atoms with E-state index < -0.39 is 11.3 Å². The van der Waals surface area contributed by atoms with Crippen LogP contribution in [0.5, 0.6) is 0 Å². The van der Waals surface area contributed by atoms with E-state index >= 15 is 0 Å². The molecule has 1 atom stereocenters. The summed E-state index contributed by atoms with van der Waals surface area (Å²) in [5.41, 5.74) is 0.773. The van der Waals surface area contributed by atoms with Crippen LogP contribution in [0.15, 0.2) is 29.4 Å². The fourth-order valence-electron chi connectivity index (χ4n) is 3.19. The van der Waals surface area contributed by atoms with E-state index in [1.54, 1.807) is 17.6 Å². The van der Waals surface area contributed by atoms with Crippen LogP contribution in [0.3, 0.4) is 0 Å². The van der Waals surface area contributed by atoms with Crippen molar-refractivity contribution in [3.63, 3.8) is 0 Å². The maximum atomic E-state index is 12.4. The summed E-state index contributed by atoms with van der Waals surface area (Å²) in [6.07, 6.45) is 5.38. The van der Waals surface area contributed by atoms with Gasteiger partial charge in [-0.1, -0.05) is 54.8 Å². The molecule has 150 valence electrons. The number of rotatable bonds is 5. The van der Waals surface area contributed by atoms with Crippen molar-refractivity contribution in [2.24, 2.45) is 7.05 Å². The number of aromatic nitrogens is 3. The number of imide groups is 1. The highest BCUT2D eigenvalue weighted by Gasteiger charge is 2.23. The molecular weight excluding hydrogens is 398 g/mol. The summed E-state index contributed by atoms with van der Waals surface area (Å²) in [5.74, 6) is 0.261. The summed E-state index contributed by atoms with van der Waals surface area (Å²) in [4.78, 5) is 24.4. The Kier molecular flexibility index (Phi) is 6.96. The summed E-state index contributed by atoms with van der Waals surface area (Å²) in [7, 11) is 1.82. The highest BCUT2D eigenvalue weighted by atomic mass is 35.5. The molecule has 0 aliphatic heterocycles. The molecule has 9 heteroatoms. The molecule has 3 rings (SSSR count). The van der Waals surface area contributed by atoms with Gasteiger partial charge in [-0.3, -0.25) is 10.1 Å². The minimum absolute atomic E-state index is 0.154. The van der Waals surface area contributed by atoms with Crippen LogP contribution in [0.4, 0.5) is 4.79 Å². The molecule has 1 saturated carbocycles. The third-order valence-corrected chi connectivity index (χ3v) is 6.24. The molecule has 7 nitrogen and oxygen atoms in total. The molecular formula is C19H24ClN5O2S. The van der Waals surface area contributed by atoms with E-state index in [4.69, 9.17) is 11.6 Å². The van der Waals surface area contributed by atoms with Crippen LogP contribution in [-0.4, -0.2) is 38.0 Å². The Morgan fingerprint density at radius 3 is 2.64 bits per heavy atom. The van der Waals surface area contributed by atoms with Crippen molar-refractivity contribution in [2.45, 2.75) is 55.5 Å². The van der Waals surface area contributed by atoms with Crippen LogP contribution < -0.4 is 10.6 Å². The van der Waals surface area contributed by atoms with Gasteiger partial charge in [0.15, 0.2) is 11.0 Å². The second kappa shape index (κ2) is 9.43. The van der Waals surface area contributed by atoms with Gasteiger partial charge in [-0.05, 0) is 31.9 Å². The van der Waals surface area contributed by atoms with Crippen molar-refractivity contribution in [1.29, 1.82) is 0 Å². The Labute approximate surface area is 173 Å². The quantitative estimate of drug-likeness (QED) is 0.717. The Balaban J connectivity index is 1.58. The number of thioether (sulfide) groups is 1. The molecule has 1 fully saturated rings. The molecule has 1 aliphatic rings. The first kappa shape index (κ1) is 20.7. The fraction of sp³-hybridized carbons (Fsp3) is 0.474. The number of amides is 3. The Morgan fingerprint density at radius 2 is 1.93 bits per heavy atom. The van der Waals surface area contributed by atoms with Gasteiger partial charge in [0.25, 0.3) is 0 Å². The number of nitrogens with one attached hydrogen (secondary N) is 2. The maximum absolute atomic E-state index is 12.4. The molecule has 2 aromatic rings. The molecule has 0 unspecified atom stereocenters. The molecule has 28 heavy (non-hydrogen) atoms. The highest BCUT2D eigenvalue weighted by molar-refractivity contribution is 8.00. The Bertz CT molecular complexity index is 851. The monoisotopic (exact) mass is 421 g/mol. The van der Waals surface area contributed by atoms with Crippen molar-refractivity contribution < 1.29 is 9.59 Å². The lowest BCUT2D eigenvalue weighted by atomic mass is 9.96. The number of nitrogens with zero attached hydrogens (tertiary/aromatic N) is 3. The van der Waals surface area contributed by atoms with Crippen LogP contribution >= 0.6 is 23.4 Å². The second-order valence-corrected chi connectivity index (χ2v) is 8.62. The first-order valence-corrected chi connectivity index (χ1v) is 10.6. The van der Waals surface area contributed by atoms with Gasteiger partial charge in [0, 0.05) is 18.7 Å². The number of halogens is 1. The zero-order valence-electron chi connectivity index (χ0n) is 15.9. The lowest BCUT2D eigenvalue weighted by Crippen LogP contribution is -2.47. The second-order valence-electron chi connectivity index (χ2n) is 6.90. The summed E-state index contributed by atoms with van der Waals surface area (Å²) < 4.78 is 1.79. The van der Waals surface area contributed by atoms with Gasteiger partial charge in [0.2, 0.25) is 5.91 Å². The lowest BCUT2D eigenvalue weighted by Gasteiger charge is -2.23. The van der Waals surface area contributed by atoms with E-state index in [0.29, 0.717) is 16.0 Å². The maximum Gasteiger partial charge on any atom is 0.321 e. The molecule has 1 aliphatic carbocycles. The van der Waals surface area contributed by atoms with Crippen molar-refractivity contribution in [3.05, 3.63) is 29.3 Å². The largest absolute Gasteiger partial charge is 0.335 e. The smallest absolute Gasteiger partial charge is 0.321 e. The predicted octanol–water partition coefficient (Wildman–Crippen LogP) is 3.77.